The molecule has 0 aliphatic heterocycles. The first kappa shape index (κ1) is 12.3. The van der Waals surface area contributed by atoms with Crippen LogP contribution in [0.25, 0.3) is 0 Å². The van der Waals surface area contributed by atoms with Crippen LogP contribution in [0.1, 0.15) is 13.8 Å². The number of methoxy groups -OCH3 is 1. The predicted octanol–water partition coefficient (Wildman–Crippen LogP) is 1.24. The molecule has 5 nitrogen and oxygen atoms in total. The molecule has 0 radical (unpaired) electrons. The smallest absolute Gasteiger partial charge is 0.314 e. The van der Waals surface area contributed by atoms with Gasteiger partial charge in [0, 0.05) is 6.20 Å². The van der Waals surface area contributed by atoms with Crippen LogP contribution in [0.15, 0.2) is 18.3 Å². The molecule has 1 aromatic heterocycles. The monoisotopic (exact) mass is 224 g/mol. The second-order valence-corrected chi connectivity index (χ2v) is 4.05. The maximum absolute atomic E-state index is 11.4. The van der Waals surface area contributed by atoms with Crippen molar-refractivity contribution in [2.45, 2.75) is 13.8 Å². The Morgan fingerprint density at radius 3 is 2.81 bits per heavy atom. The molecule has 0 saturated carbocycles. The third-order valence-electron chi connectivity index (χ3n) is 2.13. The van der Waals surface area contributed by atoms with Crippen molar-refractivity contribution in [2.75, 3.05) is 19.5 Å². The molecule has 0 amide bonds. The molecule has 0 saturated heterocycles. The number of rotatable bonds is 4. The number of nitrogens with zero attached hydrogens (tertiary/aromatic N) is 1. The van der Waals surface area contributed by atoms with Crippen molar-refractivity contribution in [3.8, 4) is 5.75 Å². The van der Waals surface area contributed by atoms with E-state index in [-0.39, 0.29) is 12.6 Å². The van der Waals surface area contributed by atoms with E-state index in [2.05, 4.69) is 9.72 Å². The van der Waals surface area contributed by atoms with Crippen LogP contribution in [0, 0.1) is 5.41 Å². The molecule has 0 bridgehead atoms. The van der Waals surface area contributed by atoms with E-state index in [0.29, 0.717) is 11.6 Å². The van der Waals surface area contributed by atoms with Gasteiger partial charge in [-0.1, -0.05) is 0 Å². The lowest BCUT2D eigenvalue weighted by Gasteiger charge is -2.21. The van der Waals surface area contributed by atoms with Gasteiger partial charge in [-0.05, 0) is 26.0 Å². The normalized spacial score (nSPS) is 10.9. The first-order chi connectivity index (χ1) is 7.47. The minimum absolute atomic E-state index is 0.190. The number of pyridine rings is 1. The van der Waals surface area contributed by atoms with Crippen molar-refractivity contribution in [3.63, 3.8) is 0 Å². The number of hydrogen-bond acceptors (Lipinski definition) is 5. The molecule has 5 heteroatoms. The summed E-state index contributed by atoms with van der Waals surface area (Å²) in [6.45, 7) is 3.67. The maximum Gasteiger partial charge on any atom is 0.314 e. The standard InChI is InChI=1S/C11H16N2O3/c1-11(2,10(14)15-3)7-16-8-5-4-6-13-9(8)12/h4-6H,7H2,1-3H3,(H2,12,13). The molecule has 0 atom stereocenters. The van der Waals surface area contributed by atoms with Crippen LogP contribution < -0.4 is 10.5 Å². The maximum atomic E-state index is 11.4. The Hall–Kier alpha value is -1.78. The highest BCUT2D eigenvalue weighted by Gasteiger charge is 2.29. The molecule has 0 unspecified atom stereocenters. The number of nitrogens with two attached hydrogens (primary N) is 1. The first-order valence-electron chi connectivity index (χ1n) is 4.89. The minimum atomic E-state index is -0.711. The summed E-state index contributed by atoms with van der Waals surface area (Å²) in [6.07, 6.45) is 1.58. The number of nitrogen functional groups attached to an aromatic ring is 1. The summed E-state index contributed by atoms with van der Waals surface area (Å²) in [5, 5.41) is 0. The topological polar surface area (TPSA) is 74.4 Å². The Balaban J connectivity index is 2.65. The number of esters is 1. The molecule has 1 heterocycles. The fraction of sp³-hybridized carbons (Fsp3) is 0.455. The van der Waals surface area contributed by atoms with Gasteiger partial charge in [-0.3, -0.25) is 4.79 Å². The highest BCUT2D eigenvalue weighted by Crippen LogP contribution is 2.22. The number of carbonyl (C=O) groups excluding carboxylic acids is 1. The van der Waals surface area contributed by atoms with E-state index < -0.39 is 5.41 Å². The summed E-state index contributed by atoms with van der Waals surface area (Å²) in [5.41, 5.74) is 4.89. The van der Waals surface area contributed by atoms with E-state index in [4.69, 9.17) is 10.5 Å². The van der Waals surface area contributed by atoms with Gasteiger partial charge >= 0.3 is 5.97 Å². The highest BCUT2D eigenvalue weighted by molar-refractivity contribution is 5.75. The van der Waals surface area contributed by atoms with E-state index >= 15 is 0 Å². The highest BCUT2D eigenvalue weighted by atomic mass is 16.5. The SMILES string of the molecule is COC(=O)C(C)(C)COc1cccnc1N. The number of aromatic nitrogens is 1. The van der Waals surface area contributed by atoms with Gasteiger partial charge in [-0.25, -0.2) is 4.98 Å². The molecule has 1 rings (SSSR count). The fourth-order valence-electron chi connectivity index (χ4n) is 1.12. The van der Waals surface area contributed by atoms with Crippen LogP contribution in [0.5, 0.6) is 5.75 Å². The Labute approximate surface area is 94.6 Å². The van der Waals surface area contributed by atoms with Crippen molar-refractivity contribution in [3.05, 3.63) is 18.3 Å². The molecule has 1 aromatic rings. The first-order valence-corrected chi connectivity index (χ1v) is 4.89. The van der Waals surface area contributed by atoms with E-state index in [1.54, 1.807) is 32.2 Å². The third-order valence-corrected chi connectivity index (χ3v) is 2.13. The lowest BCUT2D eigenvalue weighted by molar-refractivity contribution is -0.152. The quantitative estimate of drug-likeness (QED) is 0.779. The molecule has 0 spiro atoms. The van der Waals surface area contributed by atoms with Gasteiger partial charge in [-0.2, -0.15) is 0 Å². The summed E-state index contributed by atoms with van der Waals surface area (Å²) in [6, 6.07) is 3.42. The number of anilines is 1. The molecule has 0 aliphatic carbocycles. The number of hydrogen-bond donors (Lipinski definition) is 1. The van der Waals surface area contributed by atoms with Gasteiger partial charge in [-0.15, -0.1) is 0 Å². The van der Waals surface area contributed by atoms with E-state index in [1.807, 2.05) is 0 Å². The van der Waals surface area contributed by atoms with Gasteiger partial charge in [0.2, 0.25) is 0 Å². The molecule has 0 aliphatic rings. The van der Waals surface area contributed by atoms with Gasteiger partial charge in [0.15, 0.2) is 11.6 Å². The Morgan fingerprint density at radius 2 is 2.25 bits per heavy atom. The van der Waals surface area contributed by atoms with Crippen LogP contribution >= 0.6 is 0 Å². The Kier molecular flexibility index (Phi) is 3.71. The molecular weight excluding hydrogens is 208 g/mol. The zero-order chi connectivity index (χ0) is 12.2. The van der Waals surface area contributed by atoms with Crippen LogP contribution in [0.2, 0.25) is 0 Å². The lowest BCUT2D eigenvalue weighted by Crippen LogP contribution is -2.32. The van der Waals surface area contributed by atoms with Crippen molar-refractivity contribution in [2.24, 2.45) is 5.41 Å². The zero-order valence-corrected chi connectivity index (χ0v) is 9.69. The lowest BCUT2D eigenvalue weighted by atomic mass is 9.95. The Bertz CT molecular complexity index is 377. The van der Waals surface area contributed by atoms with E-state index in [9.17, 15) is 4.79 Å². The summed E-state index contributed by atoms with van der Waals surface area (Å²) >= 11 is 0. The summed E-state index contributed by atoms with van der Waals surface area (Å²) in [5.74, 6) is 0.456. The molecule has 88 valence electrons. The van der Waals surface area contributed by atoms with Crippen LogP contribution in [-0.2, 0) is 9.53 Å². The van der Waals surface area contributed by atoms with Crippen molar-refractivity contribution < 1.29 is 14.3 Å². The van der Waals surface area contributed by atoms with E-state index in [0.717, 1.165) is 0 Å². The number of carbonyl (C=O) groups is 1. The van der Waals surface area contributed by atoms with Gasteiger partial charge < -0.3 is 15.2 Å². The summed E-state index contributed by atoms with van der Waals surface area (Å²) in [4.78, 5) is 15.3. The molecule has 0 fully saturated rings. The van der Waals surface area contributed by atoms with Crippen LogP contribution in [0.4, 0.5) is 5.82 Å². The summed E-state index contributed by atoms with van der Waals surface area (Å²) in [7, 11) is 1.35. The second kappa shape index (κ2) is 4.83. The van der Waals surface area contributed by atoms with Gasteiger partial charge in [0.25, 0.3) is 0 Å². The van der Waals surface area contributed by atoms with Gasteiger partial charge in [0.1, 0.15) is 6.61 Å². The second-order valence-electron chi connectivity index (χ2n) is 4.05. The third kappa shape index (κ3) is 2.85. The zero-order valence-electron chi connectivity index (χ0n) is 9.69. The number of ether oxygens (including phenoxy) is 2. The average Bonchev–Trinajstić information content (AvgIpc) is 2.27. The van der Waals surface area contributed by atoms with Crippen molar-refractivity contribution >= 4 is 11.8 Å². The van der Waals surface area contributed by atoms with Gasteiger partial charge in [0.05, 0.1) is 12.5 Å². The summed E-state index contributed by atoms with van der Waals surface area (Å²) < 4.78 is 10.1. The predicted molar refractivity (Wildman–Crippen MR) is 59.9 cm³/mol. The minimum Gasteiger partial charge on any atom is -0.489 e. The molecular formula is C11H16N2O3. The average molecular weight is 224 g/mol. The van der Waals surface area contributed by atoms with Crippen molar-refractivity contribution in [1.29, 1.82) is 0 Å². The molecule has 16 heavy (non-hydrogen) atoms. The van der Waals surface area contributed by atoms with Crippen molar-refractivity contribution in [1.82, 2.24) is 4.98 Å². The van der Waals surface area contributed by atoms with Crippen LogP contribution in [0.3, 0.4) is 0 Å². The Morgan fingerprint density at radius 1 is 1.56 bits per heavy atom. The molecule has 2 N–H and O–H groups in total. The van der Waals surface area contributed by atoms with E-state index in [1.165, 1.54) is 7.11 Å². The van der Waals surface area contributed by atoms with Crippen LogP contribution in [-0.4, -0.2) is 24.7 Å². The fourth-order valence-corrected chi connectivity index (χ4v) is 1.12. The largest absolute Gasteiger partial charge is 0.489 e. The molecule has 0 aromatic carbocycles.